The van der Waals surface area contributed by atoms with Gasteiger partial charge in [0.25, 0.3) is 0 Å². The number of nitrogens with one attached hydrogen (secondary N) is 1. The molecule has 1 saturated carbocycles. The molecular formula is C15H24N4. The van der Waals surface area contributed by atoms with Gasteiger partial charge < -0.3 is 10.2 Å². The first-order chi connectivity index (χ1) is 9.25. The molecule has 0 unspecified atom stereocenters. The molecule has 0 saturated heterocycles. The third kappa shape index (κ3) is 2.59. The summed E-state index contributed by atoms with van der Waals surface area (Å²) in [4.78, 5) is 11.4. The number of fused-ring (bicyclic) bond motifs is 1. The molecule has 1 N–H and O–H groups in total. The van der Waals surface area contributed by atoms with Crippen LogP contribution in [0.15, 0.2) is 6.33 Å². The maximum atomic E-state index is 4.56. The van der Waals surface area contributed by atoms with Crippen molar-refractivity contribution in [2.24, 2.45) is 5.92 Å². The number of anilines is 1. The Labute approximate surface area is 115 Å². The van der Waals surface area contributed by atoms with Gasteiger partial charge >= 0.3 is 0 Å². The van der Waals surface area contributed by atoms with Crippen LogP contribution in [-0.4, -0.2) is 29.6 Å². The van der Waals surface area contributed by atoms with Gasteiger partial charge in [0.15, 0.2) is 0 Å². The van der Waals surface area contributed by atoms with E-state index in [0.717, 1.165) is 31.2 Å². The Morgan fingerprint density at radius 1 is 1.21 bits per heavy atom. The molecule has 3 rings (SSSR count). The van der Waals surface area contributed by atoms with Crippen molar-refractivity contribution in [2.45, 2.75) is 51.6 Å². The number of rotatable bonds is 2. The van der Waals surface area contributed by atoms with Crippen LogP contribution in [0.2, 0.25) is 0 Å². The van der Waals surface area contributed by atoms with E-state index in [2.05, 4.69) is 34.2 Å². The quantitative estimate of drug-likeness (QED) is 0.884. The fourth-order valence-corrected chi connectivity index (χ4v) is 3.36. The molecule has 2 aliphatic rings. The second kappa shape index (κ2) is 5.45. The molecule has 4 heteroatoms. The van der Waals surface area contributed by atoms with Crippen LogP contribution in [0, 0.1) is 5.92 Å². The monoisotopic (exact) mass is 260 g/mol. The molecule has 0 radical (unpaired) electrons. The standard InChI is InChI=1S/C15H24N4/c1-11-3-5-12(6-4-11)19(2)15-13-9-16-8-7-14(13)17-10-18-15/h10-12,16H,3-9H2,1-2H3. The third-order valence-corrected chi connectivity index (χ3v) is 4.72. The van der Waals surface area contributed by atoms with Gasteiger partial charge in [0.2, 0.25) is 0 Å². The molecule has 19 heavy (non-hydrogen) atoms. The summed E-state index contributed by atoms with van der Waals surface area (Å²) in [5.41, 5.74) is 2.55. The van der Waals surface area contributed by atoms with E-state index in [0.29, 0.717) is 6.04 Å². The van der Waals surface area contributed by atoms with Gasteiger partial charge in [0.1, 0.15) is 12.1 Å². The van der Waals surface area contributed by atoms with Gasteiger partial charge in [0.05, 0.1) is 5.69 Å². The van der Waals surface area contributed by atoms with E-state index in [-0.39, 0.29) is 0 Å². The molecule has 1 fully saturated rings. The van der Waals surface area contributed by atoms with Gasteiger partial charge in [-0.15, -0.1) is 0 Å². The molecule has 1 aliphatic heterocycles. The summed E-state index contributed by atoms with van der Waals surface area (Å²) in [6, 6.07) is 0.650. The Balaban J connectivity index is 1.81. The van der Waals surface area contributed by atoms with E-state index in [4.69, 9.17) is 0 Å². The highest BCUT2D eigenvalue weighted by atomic mass is 15.2. The lowest BCUT2D eigenvalue weighted by molar-refractivity contribution is 0.339. The average molecular weight is 260 g/mol. The van der Waals surface area contributed by atoms with Crippen molar-refractivity contribution >= 4 is 5.82 Å². The SMILES string of the molecule is CC1CCC(N(C)c2ncnc3c2CNCC3)CC1. The molecule has 0 atom stereocenters. The molecule has 0 amide bonds. The smallest absolute Gasteiger partial charge is 0.136 e. The van der Waals surface area contributed by atoms with E-state index in [1.54, 1.807) is 6.33 Å². The maximum Gasteiger partial charge on any atom is 0.136 e. The highest BCUT2D eigenvalue weighted by molar-refractivity contribution is 5.49. The molecule has 1 aliphatic carbocycles. The summed E-state index contributed by atoms with van der Waals surface area (Å²) >= 11 is 0. The molecular weight excluding hydrogens is 236 g/mol. The predicted molar refractivity (Wildman–Crippen MR) is 77.3 cm³/mol. The van der Waals surface area contributed by atoms with Crippen LogP contribution in [0.5, 0.6) is 0 Å². The minimum atomic E-state index is 0.650. The van der Waals surface area contributed by atoms with Crippen LogP contribution in [0.1, 0.15) is 43.9 Å². The first-order valence-corrected chi connectivity index (χ1v) is 7.52. The molecule has 2 heterocycles. The Bertz CT molecular complexity index is 438. The second-order valence-electron chi connectivity index (χ2n) is 6.07. The number of aromatic nitrogens is 2. The Kier molecular flexibility index (Phi) is 3.69. The maximum absolute atomic E-state index is 4.56. The zero-order valence-electron chi connectivity index (χ0n) is 12.0. The van der Waals surface area contributed by atoms with Crippen LogP contribution in [0.4, 0.5) is 5.82 Å². The minimum absolute atomic E-state index is 0.650. The summed E-state index contributed by atoms with van der Waals surface area (Å²) in [7, 11) is 2.21. The van der Waals surface area contributed by atoms with Crippen molar-refractivity contribution in [3.8, 4) is 0 Å². The third-order valence-electron chi connectivity index (χ3n) is 4.72. The van der Waals surface area contributed by atoms with Crippen molar-refractivity contribution in [1.82, 2.24) is 15.3 Å². The van der Waals surface area contributed by atoms with Crippen LogP contribution in [0.25, 0.3) is 0 Å². The molecule has 0 bridgehead atoms. The Morgan fingerprint density at radius 2 is 2.00 bits per heavy atom. The van der Waals surface area contributed by atoms with Crippen LogP contribution >= 0.6 is 0 Å². The predicted octanol–water partition coefficient (Wildman–Crippen LogP) is 2.14. The molecule has 4 nitrogen and oxygen atoms in total. The molecule has 1 aromatic heterocycles. The average Bonchev–Trinajstić information content (AvgIpc) is 2.47. The number of hydrogen-bond donors (Lipinski definition) is 1. The summed E-state index contributed by atoms with van der Waals surface area (Å²) in [6.45, 7) is 4.32. The molecule has 1 aromatic rings. The lowest BCUT2D eigenvalue weighted by Gasteiger charge is -2.36. The van der Waals surface area contributed by atoms with Gasteiger partial charge in [-0.25, -0.2) is 9.97 Å². The van der Waals surface area contributed by atoms with Gasteiger partial charge in [0, 0.05) is 38.2 Å². The van der Waals surface area contributed by atoms with Gasteiger partial charge in [-0.05, 0) is 31.6 Å². The van der Waals surface area contributed by atoms with E-state index in [9.17, 15) is 0 Å². The fraction of sp³-hybridized carbons (Fsp3) is 0.733. The van der Waals surface area contributed by atoms with E-state index < -0.39 is 0 Å². The Morgan fingerprint density at radius 3 is 2.79 bits per heavy atom. The zero-order valence-corrected chi connectivity index (χ0v) is 12.0. The fourth-order valence-electron chi connectivity index (χ4n) is 3.36. The van der Waals surface area contributed by atoms with E-state index in [1.807, 2.05) is 0 Å². The van der Waals surface area contributed by atoms with Crippen molar-refractivity contribution < 1.29 is 0 Å². The van der Waals surface area contributed by atoms with Gasteiger partial charge in [-0.1, -0.05) is 6.92 Å². The van der Waals surface area contributed by atoms with Gasteiger partial charge in [-0.3, -0.25) is 0 Å². The molecule has 104 valence electrons. The largest absolute Gasteiger partial charge is 0.356 e. The number of hydrogen-bond acceptors (Lipinski definition) is 4. The first-order valence-electron chi connectivity index (χ1n) is 7.52. The normalized spacial score (nSPS) is 26.8. The summed E-state index contributed by atoms with van der Waals surface area (Å²) in [6.07, 6.45) is 8.05. The Hall–Kier alpha value is -1.16. The second-order valence-corrected chi connectivity index (χ2v) is 6.07. The summed E-state index contributed by atoms with van der Waals surface area (Å²) in [5, 5.41) is 3.44. The van der Waals surface area contributed by atoms with Crippen LogP contribution in [0.3, 0.4) is 0 Å². The van der Waals surface area contributed by atoms with E-state index in [1.165, 1.54) is 36.9 Å². The van der Waals surface area contributed by atoms with Crippen LogP contribution < -0.4 is 10.2 Å². The highest BCUT2D eigenvalue weighted by Crippen LogP contribution is 2.30. The van der Waals surface area contributed by atoms with Crippen molar-refractivity contribution in [3.63, 3.8) is 0 Å². The minimum Gasteiger partial charge on any atom is -0.356 e. The van der Waals surface area contributed by atoms with Crippen molar-refractivity contribution in [1.29, 1.82) is 0 Å². The first kappa shape index (κ1) is 12.9. The number of nitrogens with zero attached hydrogens (tertiary/aromatic N) is 3. The van der Waals surface area contributed by atoms with Crippen molar-refractivity contribution in [3.05, 3.63) is 17.6 Å². The summed E-state index contributed by atoms with van der Waals surface area (Å²) in [5.74, 6) is 2.04. The molecule has 0 aromatic carbocycles. The van der Waals surface area contributed by atoms with E-state index >= 15 is 0 Å². The zero-order chi connectivity index (χ0) is 13.2. The lowest BCUT2D eigenvalue weighted by Crippen LogP contribution is -2.37. The molecule has 0 spiro atoms. The highest BCUT2D eigenvalue weighted by Gasteiger charge is 2.25. The van der Waals surface area contributed by atoms with Gasteiger partial charge in [-0.2, -0.15) is 0 Å². The van der Waals surface area contributed by atoms with Crippen LogP contribution in [-0.2, 0) is 13.0 Å². The topological polar surface area (TPSA) is 41.1 Å². The van der Waals surface area contributed by atoms with Crippen molar-refractivity contribution in [2.75, 3.05) is 18.5 Å². The summed E-state index contributed by atoms with van der Waals surface area (Å²) < 4.78 is 0. The lowest BCUT2D eigenvalue weighted by atomic mass is 9.86.